The average Bonchev–Trinajstić information content (AvgIpc) is 3.16. The summed E-state index contributed by atoms with van der Waals surface area (Å²) in [6, 6.07) is 9.80. The number of methoxy groups -OCH3 is 1. The summed E-state index contributed by atoms with van der Waals surface area (Å²) in [5.74, 6) is 0.844. The van der Waals surface area contributed by atoms with Crippen molar-refractivity contribution in [3.63, 3.8) is 0 Å². The normalized spacial score (nSPS) is 15.2. The molecule has 2 aromatic rings. The van der Waals surface area contributed by atoms with Crippen LogP contribution in [0.3, 0.4) is 0 Å². The zero-order chi connectivity index (χ0) is 17.5. The van der Waals surface area contributed by atoms with Crippen LogP contribution in [0.5, 0.6) is 5.75 Å². The Morgan fingerprint density at radius 3 is 2.60 bits per heavy atom. The molecular formula is C18H24N4O3. The molecule has 0 aliphatic carbocycles. The van der Waals surface area contributed by atoms with E-state index in [0.29, 0.717) is 6.54 Å². The molecule has 0 saturated carbocycles. The van der Waals surface area contributed by atoms with Crippen LogP contribution < -0.4 is 10.1 Å². The van der Waals surface area contributed by atoms with E-state index in [2.05, 4.69) is 15.4 Å². The van der Waals surface area contributed by atoms with Crippen LogP contribution in [0.25, 0.3) is 0 Å². The van der Waals surface area contributed by atoms with Crippen molar-refractivity contribution in [1.29, 1.82) is 0 Å². The molecule has 0 radical (unpaired) electrons. The predicted molar refractivity (Wildman–Crippen MR) is 93.4 cm³/mol. The van der Waals surface area contributed by atoms with E-state index in [1.54, 1.807) is 13.4 Å². The highest BCUT2D eigenvalue weighted by Gasteiger charge is 2.21. The van der Waals surface area contributed by atoms with Gasteiger partial charge in [-0.3, -0.25) is 4.90 Å². The molecule has 1 fully saturated rings. The first-order valence-corrected chi connectivity index (χ1v) is 8.52. The number of piperazine rings is 1. The molecule has 0 spiro atoms. The smallest absolute Gasteiger partial charge is 0.317 e. The number of urea groups is 1. The first-order chi connectivity index (χ1) is 12.2. The Kier molecular flexibility index (Phi) is 5.90. The first-order valence-electron chi connectivity index (χ1n) is 8.52. The number of carbonyl (C=O) groups is 1. The summed E-state index contributed by atoms with van der Waals surface area (Å²) in [6.45, 7) is 4.55. The molecule has 1 aliphatic rings. The highest BCUT2D eigenvalue weighted by atomic mass is 16.5. The largest absolute Gasteiger partial charge is 0.497 e. The lowest BCUT2D eigenvalue weighted by molar-refractivity contribution is 0.133. The summed E-state index contributed by atoms with van der Waals surface area (Å²) in [5.41, 5.74) is 2.11. The van der Waals surface area contributed by atoms with Crippen molar-refractivity contribution in [1.82, 2.24) is 20.3 Å². The fraction of sp³-hybridized carbons (Fsp3) is 0.444. The van der Waals surface area contributed by atoms with Crippen molar-refractivity contribution in [3.8, 4) is 5.75 Å². The van der Waals surface area contributed by atoms with E-state index in [9.17, 15) is 4.79 Å². The Morgan fingerprint density at radius 2 is 1.96 bits per heavy atom. The molecule has 3 rings (SSSR count). The van der Waals surface area contributed by atoms with Crippen molar-refractivity contribution >= 4 is 6.03 Å². The van der Waals surface area contributed by atoms with Crippen LogP contribution in [0, 0.1) is 0 Å². The number of ether oxygens (including phenoxy) is 1. The van der Waals surface area contributed by atoms with Crippen LogP contribution in [0.1, 0.15) is 11.3 Å². The number of rotatable bonds is 6. The van der Waals surface area contributed by atoms with Gasteiger partial charge in [-0.2, -0.15) is 0 Å². The number of hydrogen-bond acceptors (Lipinski definition) is 5. The van der Waals surface area contributed by atoms with Gasteiger partial charge in [-0.1, -0.05) is 17.3 Å². The van der Waals surface area contributed by atoms with Crippen LogP contribution in [0.4, 0.5) is 4.79 Å². The third kappa shape index (κ3) is 4.96. The second-order valence-corrected chi connectivity index (χ2v) is 6.08. The van der Waals surface area contributed by atoms with E-state index in [-0.39, 0.29) is 6.03 Å². The van der Waals surface area contributed by atoms with E-state index in [4.69, 9.17) is 9.26 Å². The summed E-state index contributed by atoms with van der Waals surface area (Å²) >= 11 is 0. The van der Waals surface area contributed by atoms with Gasteiger partial charge in [-0.05, 0) is 24.1 Å². The summed E-state index contributed by atoms with van der Waals surface area (Å²) in [4.78, 5) is 16.4. The molecule has 0 unspecified atom stereocenters. The zero-order valence-electron chi connectivity index (χ0n) is 14.5. The van der Waals surface area contributed by atoms with Crippen LogP contribution in [-0.2, 0) is 13.0 Å². The van der Waals surface area contributed by atoms with Gasteiger partial charge in [0.25, 0.3) is 0 Å². The monoisotopic (exact) mass is 344 g/mol. The maximum atomic E-state index is 12.3. The maximum Gasteiger partial charge on any atom is 0.317 e. The van der Waals surface area contributed by atoms with Crippen molar-refractivity contribution < 1.29 is 14.1 Å². The lowest BCUT2D eigenvalue weighted by Crippen LogP contribution is -2.51. The van der Waals surface area contributed by atoms with Gasteiger partial charge in [-0.15, -0.1) is 0 Å². The van der Waals surface area contributed by atoms with Crippen molar-refractivity contribution in [2.75, 3.05) is 39.8 Å². The second kappa shape index (κ2) is 8.53. The minimum absolute atomic E-state index is 0.00889. The van der Waals surface area contributed by atoms with Crippen molar-refractivity contribution in [2.45, 2.75) is 13.0 Å². The number of aromatic nitrogens is 1. The quantitative estimate of drug-likeness (QED) is 0.864. The second-order valence-electron chi connectivity index (χ2n) is 6.08. The van der Waals surface area contributed by atoms with Crippen LogP contribution in [-0.4, -0.2) is 60.8 Å². The lowest BCUT2D eigenvalue weighted by Gasteiger charge is -2.34. The molecule has 1 aromatic carbocycles. The van der Waals surface area contributed by atoms with E-state index in [1.165, 1.54) is 5.56 Å². The predicted octanol–water partition coefficient (Wildman–Crippen LogP) is 1.75. The maximum absolute atomic E-state index is 12.3. The standard InChI is InChI=1S/C18H24N4O3/c1-24-17-4-2-15(3-5-17)6-8-19-18(23)22-11-9-21(10-12-22)14-16-7-13-25-20-16/h2-5,7,13H,6,8-12,14H2,1H3,(H,19,23). The summed E-state index contributed by atoms with van der Waals surface area (Å²) < 4.78 is 9.99. The van der Waals surface area contributed by atoms with E-state index >= 15 is 0 Å². The van der Waals surface area contributed by atoms with E-state index < -0.39 is 0 Å². The zero-order valence-corrected chi connectivity index (χ0v) is 14.5. The van der Waals surface area contributed by atoms with Crippen molar-refractivity contribution in [2.24, 2.45) is 0 Å². The topological polar surface area (TPSA) is 70.8 Å². The van der Waals surface area contributed by atoms with Gasteiger partial charge in [-0.25, -0.2) is 4.79 Å². The fourth-order valence-corrected chi connectivity index (χ4v) is 2.88. The van der Waals surface area contributed by atoms with Gasteiger partial charge in [0, 0.05) is 45.3 Å². The Bertz CT molecular complexity index is 649. The van der Waals surface area contributed by atoms with Gasteiger partial charge >= 0.3 is 6.03 Å². The molecule has 1 aliphatic heterocycles. The molecule has 1 N–H and O–H groups in total. The minimum Gasteiger partial charge on any atom is -0.497 e. The molecule has 2 amide bonds. The Balaban J connectivity index is 1.36. The third-order valence-electron chi connectivity index (χ3n) is 4.39. The third-order valence-corrected chi connectivity index (χ3v) is 4.39. The molecule has 7 nitrogen and oxygen atoms in total. The summed E-state index contributed by atoms with van der Waals surface area (Å²) in [7, 11) is 1.65. The lowest BCUT2D eigenvalue weighted by atomic mass is 10.1. The summed E-state index contributed by atoms with van der Waals surface area (Å²) in [6.07, 6.45) is 2.39. The first kappa shape index (κ1) is 17.3. The molecule has 7 heteroatoms. The van der Waals surface area contributed by atoms with Crippen LogP contribution in [0.15, 0.2) is 41.1 Å². The molecule has 2 heterocycles. The van der Waals surface area contributed by atoms with Crippen LogP contribution in [0.2, 0.25) is 0 Å². The molecular weight excluding hydrogens is 320 g/mol. The van der Waals surface area contributed by atoms with Gasteiger partial charge in [0.1, 0.15) is 12.0 Å². The number of nitrogens with zero attached hydrogens (tertiary/aromatic N) is 3. The molecule has 134 valence electrons. The van der Waals surface area contributed by atoms with Crippen molar-refractivity contribution in [3.05, 3.63) is 47.9 Å². The molecule has 0 atom stereocenters. The van der Waals surface area contributed by atoms with E-state index in [1.807, 2.05) is 35.2 Å². The highest BCUT2D eigenvalue weighted by Crippen LogP contribution is 2.11. The Labute approximate surface area is 147 Å². The van der Waals surface area contributed by atoms with Crippen LogP contribution >= 0.6 is 0 Å². The van der Waals surface area contributed by atoms with Gasteiger partial charge in [0.15, 0.2) is 0 Å². The summed E-state index contributed by atoms with van der Waals surface area (Å²) in [5, 5.41) is 6.93. The number of nitrogens with one attached hydrogen (secondary N) is 1. The van der Waals surface area contributed by atoms with Gasteiger partial charge in [0.2, 0.25) is 0 Å². The average molecular weight is 344 g/mol. The number of amides is 2. The SMILES string of the molecule is COc1ccc(CCNC(=O)N2CCN(Cc3ccon3)CC2)cc1. The van der Waals surface area contributed by atoms with E-state index in [0.717, 1.165) is 50.6 Å². The molecule has 0 bridgehead atoms. The fourth-order valence-electron chi connectivity index (χ4n) is 2.88. The number of carbonyl (C=O) groups excluding carboxylic acids is 1. The highest BCUT2D eigenvalue weighted by molar-refractivity contribution is 5.74. The molecule has 25 heavy (non-hydrogen) atoms. The van der Waals surface area contributed by atoms with Gasteiger partial charge in [0.05, 0.1) is 12.8 Å². The molecule has 1 aromatic heterocycles. The molecule has 1 saturated heterocycles. The minimum atomic E-state index is 0.00889. The Hall–Kier alpha value is -2.54. The number of hydrogen-bond donors (Lipinski definition) is 1. The number of benzene rings is 1. The Morgan fingerprint density at radius 1 is 1.20 bits per heavy atom. The van der Waals surface area contributed by atoms with Gasteiger partial charge < -0.3 is 19.5 Å².